The normalized spacial score (nSPS) is 33.4. The Morgan fingerprint density at radius 3 is 2.84 bits per heavy atom. The molecule has 134 valence electrons. The molecule has 1 aromatic carbocycles. The van der Waals surface area contributed by atoms with Crippen LogP contribution >= 0.6 is 0 Å². The van der Waals surface area contributed by atoms with Crippen molar-refractivity contribution in [1.82, 2.24) is 5.48 Å². The Labute approximate surface area is 147 Å². The molecule has 5 nitrogen and oxygen atoms in total. The zero-order valence-corrected chi connectivity index (χ0v) is 14.5. The standard InChI is InChI=1S/C20H25NO4/c1-20-7-6-15-14(16(20)4-5-17(20)23)3-2-11-8-13(22)9-12(19(11)15)10-18(24)21-25/h8-9,14-16,22,25H,2-7,10H2,1H3,(H,21,24)/t14-,15+,16+,20+/m1/s1. The Bertz CT molecular complexity index is 743. The van der Waals surface area contributed by atoms with Crippen molar-refractivity contribution >= 4 is 11.7 Å². The highest BCUT2D eigenvalue weighted by molar-refractivity contribution is 5.87. The third-order valence-corrected chi connectivity index (χ3v) is 7.08. The van der Waals surface area contributed by atoms with Crippen LogP contribution in [-0.2, 0) is 22.4 Å². The Kier molecular flexibility index (Phi) is 3.87. The maximum Gasteiger partial charge on any atom is 0.247 e. The molecular weight excluding hydrogens is 318 g/mol. The van der Waals surface area contributed by atoms with Gasteiger partial charge in [-0.1, -0.05) is 6.92 Å². The summed E-state index contributed by atoms with van der Waals surface area (Å²) in [6, 6.07) is 3.48. The number of fused-ring (bicyclic) bond motifs is 5. The molecule has 0 spiro atoms. The molecule has 0 bridgehead atoms. The molecule has 3 aliphatic rings. The lowest BCUT2D eigenvalue weighted by Gasteiger charge is -2.48. The van der Waals surface area contributed by atoms with Gasteiger partial charge < -0.3 is 5.11 Å². The third-order valence-electron chi connectivity index (χ3n) is 7.08. The average molecular weight is 343 g/mol. The van der Waals surface area contributed by atoms with Crippen LogP contribution < -0.4 is 5.48 Å². The van der Waals surface area contributed by atoms with Gasteiger partial charge in [-0.3, -0.25) is 14.8 Å². The average Bonchev–Trinajstić information content (AvgIpc) is 2.89. The quantitative estimate of drug-likeness (QED) is 0.569. The summed E-state index contributed by atoms with van der Waals surface area (Å²) in [6.07, 6.45) is 5.53. The minimum atomic E-state index is -0.466. The number of hydrogen-bond donors (Lipinski definition) is 3. The molecule has 3 N–H and O–H groups in total. The molecule has 1 amide bonds. The maximum absolute atomic E-state index is 12.4. The lowest BCUT2D eigenvalue weighted by Crippen LogP contribution is -2.42. The van der Waals surface area contributed by atoms with E-state index in [9.17, 15) is 14.7 Å². The van der Waals surface area contributed by atoms with Crippen molar-refractivity contribution in [2.24, 2.45) is 17.3 Å². The van der Waals surface area contributed by atoms with Crippen molar-refractivity contribution in [3.63, 3.8) is 0 Å². The lowest BCUT2D eigenvalue weighted by atomic mass is 9.55. The molecule has 0 unspecified atom stereocenters. The van der Waals surface area contributed by atoms with E-state index in [1.54, 1.807) is 11.5 Å². The number of ketones is 1. The molecule has 0 heterocycles. The first-order valence-corrected chi connectivity index (χ1v) is 9.25. The number of carbonyl (C=O) groups is 2. The van der Waals surface area contributed by atoms with Crippen LogP contribution in [0.4, 0.5) is 0 Å². The minimum Gasteiger partial charge on any atom is -0.508 e. The van der Waals surface area contributed by atoms with E-state index in [1.165, 1.54) is 5.56 Å². The lowest BCUT2D eigenvalue weighted by molar-refractivity contribution is -0.129. The number of nitrogens with one attached hydrogen (secondary N) is 1. The van der Waals surface area contributed by atoms with E-state index >= 15 is 0 Å². The molecular formula is C20H25NO4. The predicted molar refractivity (Wildman–Crippen MR) is 91.4 cm³/mol. The van der Waals surface area contributed by atoms with Crippen molar-refractivity contribution in [2.75, 3.05) is 0 Å². The number of hydroxylamine groups is 1. The smallest absolute Gasteiger partial charge is 0.247 e. The van der Waals surface area contributed by atoms with E-state index in [0.29, 0.717) is 30.0 Å². The number of aromatic hydroxyl groups is 1. The van der Waals surface area contributed by atoms with Crippen LogP contribution in [0, 0.1) is 17.3 Å². The van der Waals surface area contributed by atoms with Crippen molar-refractivity contribution in [3.05, 3.63) is 28.8 Å². The monoisotopic (exact) mass is 343 g/mol. The van der Waals surface area contributed by atoms with Gasteiger partial charge in [0.25, 0.3) is 0 Å². The van der Waals surface area contributed by atoms with Crippen molar-refractivity contribution in [3.8, 4) is 5.75 Å². The first-order valence-electron chi connectivity index (χ1n) is 9.25. The molecule has 4 atom stereocenters. The summed E-state index contributed by atoms with van der Waals surface area (Å²) in [7, 11) is 0. The van der Waals surface area contributed by atoms with E-state index in [-0.39, 0.29) is 17.6 Å². The van der Waals surface area contributed by atoms with Gasteiger partial charge in [-0.15, -0.1) is 0 Å². The number of amides is 1. The van der Waals surface area contributed by atoms with Gasteiger partial charge in [0.1, 0.15) is 11.5 Å². The van der Waals surface area contributed by atoms with E-state index in [4.69, 9.17) is 5.21 Å². The van der Waals surface area contributed by atoms with Gasteiger partial charge >= 0.3 is 0 Å². The number of carbonyl (C=O) groups excluding carboxylic acids is 2. The van der Waals surface area contributed by atoms with Gasteiger partial charge in [-0.05, 0) is 78.7 Å². The summed E-state index contributed by atoms with van der Waals surface area (Å²) in [4.78, 5) is 24.2. The third kappa shape index (κ3) is 2.48. The highest BCUT2D eigenvalue weighted by Gasteiger charge is 2.54. The molecule has 0 saturated heterocycles. The van der Waals surface area contributed by atoms with Crippen molar-refractivity contribution < 1.29 is 19.9 Å². The molecule has 2 fully saturated rings. The fourth-order valence-electron chi connectivity index (χ4n) is 5.94. The van der Waals surface area contributed by atoms with Gasteiger partial charge in [-0.25, -0.2) is 5.48 Å². The second-order valence-electron chi connectivity index (χ2n) is 8.22. The largest absolute Gasteiger partial charge is 0.508 e. The molecule has 0 radical (unpaired) electrons. The number of Topliss-reactive ketones (excluding diaryl/α,β-unsaturated/α-hetero) is 1. The van der Waals surface area contributed by atoms with Gasteiger partial charge in [-0.2, -0.15) is 0 Å². The molecule has 0 aliphatic heterocycles. The summed E-state index contributed by atoms with van der Waals surface area (Å²) in [5, 5.41) is 18.9. The summed E-state index contributed by atoms with van der Waals surface area (Å²) < 4.78 is 0. The topological polar surface area (TPSA) is 86.6 Å². The van der Waals surface area contributed by atoms with Gasteiger partial charge in [0, 0.05) is 11.8 Å². The minimum absolute atomic E-state index is 0.0668. The Morgan fingerprint density at radius 2 is 2.08 bits per heavy atom. The zero-order valence-electron chi connectivity index (χ0n) is 14.5. The van der Waals surface area contributed by atoms with Crippen LogP contribution in [-0.4, -0.2) is 22.0 Å². The summed E-state index contributed by atoms with van der Waals surface area (Å²) >= 11 is 0. The van der Waals surface area contributed by atoms with Crippen LogP contribution in [0.25, 0.3) is 0 Å². The van der Waals surface area contributed by atoms with Gasteiger partial charge in [0.05, 0.1) is 6.42 Å². The summed E-state index contributed by atoms with van der Waals surface area (Å²) in [6.45, 7) is 2.15. The first kappa shape index (κ1) is 16.6. The molecule has 3 aliphatic carbocycles. The Balaban J connectivity index is 1.74. The second kappa shape index (κ2) is 5.84. The molecule has 4 rings (SSSR count). The summed E-state index contributed by atoms with van der Waals surface area (Å²) in [5.74, 6) is 1.38. The SMILES string of the molecule is C[C@]12CC[C@@H]3c4c(cc(O)cc4CC(=O)NO)CC[C@H]3[C@@H]1CCC2=O. The van der Waals surface area contributed by atoms with E-state index in [0.717, 1.165) is 43.2 Å². The van der Waals surface area contributed by atoms with E-state index < -0.39 is 5.91 Å². The first-order chi connectivity index (χ1) is 11.9. The molecule has 5 heteroatoms. The molecule has 1 aromatic rings. The van der Waals surface area contributed by atoms with E-state index in [2.05, 4.69) is 6.92 Å². The number of phenols is 1. The maximum atomic E-state index is 12.4. The number of hydrogen-bond acceptors (Lipinski definition) is 4. The van der Waals surface area contributed by atoms with Crippen LogP contribution in [0.15, 0.2) is 12.1 Å². The van der Waals surface area contributed by atoms with Crippen LogP contribution in [0.1, 0.15) is 61.6 Å². The Morgan fingerprint density at radius 1 is 1.28 bits per heavy atom. The highest BCUT2D eigenvalue weighted by atomic mass is 16.5. The van der Waals surface area contributed by atoms with Gasteiger partial charge in [0.2, 0.25) is 5.91 Å². The van der Waals surface area contributed by atoms with Crippen molar-refractivity contribution in [2.45, 2.75) is 57.8 Å². The van der Waals surface area contributed by atoms with Crippen LogP contribution in [0.3, 0.4) is 0 Å². The predicted octanol–water partition coefficient (Wildman–Crippen LogP) is 2.87. The van der Waals surface area contributed by atoms with Crippen molar-refractivity contribution in [1.29, 1.82) is 0 Å². The summed E-state index contributed by atoms with van der Waals surface area (Å²) in [5.41, 5.74) is 4.64. The Hall–Kier alpha value is -1.88. The van der Waals surface area contributed by atoms with E-state index in [1.807, 2.05) is 6.07 Å². The molecule has 25 heavy (non-hydrogen) atoms. The number of phenolic OH excluding ortho intramolecular Hbond substituents is 1. The second-order valence-corrected chi connectivity index (χ2v) is 8.22. The fraction of sp³-hybridized carbons (Fsp3) is 0.600. The fourth-order valence-corrected chi connectivity index (χ4v) is 5.94. The highest BCUT2D eigenvalue weighted by Crippen LogP contribution is 2.60. The molecule has 2 saturated carbocycles. The van der Waals surface area contributed by atoms with Crippen LogP contribution in [0.5, 0.6) is 5.75 Å². The number of benzene rings is 1. The van der Waals surface area contributed by atoms with Gasteiger partial charge in [0.15, 0.2) is 0 Å². The molecule has 0 aromatic heterocycles. The number of rotatable bonds is 2. The number of aryl methyl sites for hydroxylation is 1. The van der Waals surface area contributed by atoms with Crippen LogP contribution in [0.2, 0.25) is 0 Å². The zero-order chi connectivity index (χ0) is 17.8.